The highest BCUT2D eigenvalue weighted by Gasteiger charge is 2.63. The van der Waals surface area contributed by atoms with Gasteiger partial charge in [-0.25, -0.2) is 0 Å². The molecule has 0 unspecified atom stereocenters. The van der Waals surface area contributed by atoms with Crippen molar-refractivity contribution in [3.8, 4) is 0 Å². The fourth-order valence-corrected chi connectivity index (χ4v) is 7.92. The fraction of sp³-hybridized carbons (Fsp3) is 0.952. The first-order chi connectivity index (χ1) is 10.9. The van der Waals surface area contributed by atoms with Gasteiger partial charge in [0.05, 0.1) is 6.10 Å². The molecule has 0 aromatic carbocycles. The standard InChI is InChI=1S/C21H34O2/c1-13(22)16-9-10-17-15-8-7-14-6-4-5-11-20(14,2)18(15)12-19(23)21(16,17)3/h14-19,23H,4-12H2,1-3H3/t14-,15+,16-,17+,18+,19-,20+,21-/m1/s1. The summed E-state index contributed by atoms with van der Waals surface area (Å²) in [5.41, 5.74) is 0.308. The van der Waals surface area contributed by atoms with Gasteiger partial charge in [-0.2, -0.15) is 0 Å². The van der Waals surface area contributed by atoms with Crippen molar-refractivity contribution in [2.75, 3.05) is 0 Å². The number of aliphatic hydroxyl groups excluding tert-OH is 1. The topological polar surface area (TPSA) is 37.3 Å². The minimum absolute atomic E-state index is 0.0975. The quantitative estimate of drug-likeness (QED) is 0.767. The second kappa shape index (κ2) is 5.31. The van der Waals surface area contributed by atoms with Gasteiger partial charge in [0, 0.05) is 11.3 Å². The molecule has 0 saturated heterocycles. The number of fused-ring (bicyclic) bond motifs is 5. The molecule has 0 aliphatic heterocycles. The van der Waals surface area contributed by atoms with Gasteiger partial charge >= 0.3 is 0 Å². The molecular formula is C21H34O2. The van der Waals surface area contributed by atoms with E-state index in [0.717, 1.165) is 24.7 Å². The van der Waals surface area contributed by atoms with Crippen molar-refractivity contribution >= 4 is 5.78 Å². The first kappa shape index (κ1) is 16.1. The van der Waals surface area contributed by atoms with Crippen molar-refractivity contribution in [2.45, 2.75) is 84.7 Å². The molecule has 2 nitrogen and oxygen atoms in total. The number of hydrogen-bond donors (Lipinski definition) is 1. The summed E-state index contributed by atoms with van der Waals surface area (Å²) in [6.07, 6.45) is 11.2. The molecular weight excluding hydrogens is 284 g/mol. The summed E-state index contributed by atoms with van der Waals surface area (Å²) >= 11 is 0. The van der Waals surface area contributed by atoms with E-state index in [1.54, 1.807) is 6.92 Å². The third kappa shape index (κ3) is 2.06. The van der Waals surface area contributed by atoms with E-state index < -0.39 is 0 Å². The van der Waals surface area contributed by atoms with Crippen LogP contribution in [0.2, 0.25) is 0 Å². The molecule has 0 aromatic rings. The maximum absolute atomic E-state index is 12.2. The zero-order valence-corrected chi connectivity index (χ0v) is 15.2. The first-order valence-electron chi connectivity index (χ1n) is 10.1. The van der Waals surface area contributed by atoms with Crippen LogP contribution in [0.4, 0.5) is 0 Å². The zero-order chi connectivity index (χ0) is 16.4. The molecule has 0 radical (unpaired) electrons. The van der Waals surface area contributed by atoms with Gasteiger partial charge in [-0.15, -0.1) is 0 Å². The van der Waals surface area contributed by atoms with Crippen LogP contribution in [0.5, 0.6) is 0 Å². The second-order valence-corrected chi connectivity index (χ2v) is 9.76. The Morgan fingerprint density at radius 2 is 1.78 bits per heavy atom. The number of carbonyl (C=O) groups excluding carboxylic acids is 1. The smallest absolute Gasteiger partial charge is 0.133 e. The Morgan fingerprint density at radius 3 is 2.52 bits per heavy atom. The van der Waals surface area contributed by atoms with Gasteiger partial charge in [0.1, 0.15) is 5.78 Å². The second-order valence-electron chi connectivity index (χ2n) is 9.76. The summed E-state index contributed by atoms with van der Waals surface area (Å²) in [4.78, 5) is 12.2. The summed E-state index contributed by atoms with van der Waals surface area (Å²) in [6, 6.07) is 0. The predicted octanol–water partition coefficient (Wildman–Crippen LogP) is 4.60. The molecule has 23 heavy (non-hydrogen) atoms. The lowest BCUT2D eigenvalue weighted by Gasteiger charge is -2.61. The maximum Gasteiger partial charge on any atom is 0.133 e. The van der Waals surface area contributed by atoms with E-state index in [2.05, 4.69) is 13.8 Å². The highest BCUT2D eigenvalue weighted by atomic mass is 16.3. The number of rotatable bonds is 1. The molecule has 4 rings (SSSR count). The van der Waals surface area contributed by atoms with E-state index in [9.17, 15) is 9.90 Å². The molecule has 1 N–H and O–H groups in total. The van der Waals surface area contributed by atoms with E-state index in [-0.39, 0.29) is 17.4 Å². The van der Waals surface area contributed by atoms with Gasteiger partial charge in [-0.1, -0.05) is 26.7 Å². The van der Waals surface area contributed by atoms with Crippen molar-refractivity contribution in [1.29, 1.82) is 0 Å². The van der Waals surface area contributed by atoms with E-state index in [1.807, 2.05) is 0 Å². The van der Waals surface area contributed by atoms with Gasteiger partial charge in [-0.3, -0.25) is 4.79 Å². The van der Waals surface area contributed by atoms with Gasteiger partial charge < -0.3 is 5.11 Å². The van der Waals surface area contributed by atoms with Crippen LogP contribution < -0.4 is 0 Å². The Hall–Kier alpha value is -0.370. The molecule has 0 aromatic heterocycles. The van der Waals surface area contributed by atoms with Crippen LogP contribution >= 0.6 is 0 Å². The van der Waals surface area contributed by atoms with Crippen LogP contribution in [0.3, 0.4) is 0 Å². The Balaban J connectivity index is 1.68. The van der Waals surface area contributed by atoms with Crippen molar-refractivity contribution in [2.24, 2.45) is 40.4 Å². The lowest BCUT2D eigenvalue weighted by molar-refractivity contribution is -0.167. The maximum atomic E-state index is 12.2. The van der Waals surface area contributed by atoms with Crippen molar-refractivity contribution < 1.29 is 9.90 Å². The molecule has 130 valence electrons. The average Bonchev–Trinajstić information content (AvgIpc) is 2.87. The van der Waals surface area contributed by atoms with Crippen LogP contribution in [0.1, 0.15) is 78.6 Å². The monoisotopic (exact) mass is 318 g/mol. The molecule has 4 aliphatic rings. The van der Waals surface area contributed by atoms with E-state index >= 15 is 0 Å². The van der Waals surface area contributed by atoms with Crippen molar-refractivity contribution in [3.05, 3.63) is 0 Å². The minimum atomic E-state index is -0.275. The molecule has 2 heteroatoms. The number of Topliss-reactive ketones (excluding diaryl/α,β-unsaturated/α-hetero) is 1. The fourth-order valence-electron chi connectivity index (χ4n) is 7.92. The summed E-state index contributed by atoms with van der Waals surface area (Å²) < 4.78 is 0. The van der Waals surface area contributed by atoms with Gasteiger partial charge in [-0.05, 0) is 81.0 Å². The SMILES string of the molecule is CC(=O)[C@H]1CC[C@H]2[C@@H]3CC[C@H]4CCCC[C@]4(C)[C@H]3C[C@@H](O)[C@]12C. The van der Waals surface area contributed by atoms with Crippen molar-refractivity contribution in [3.63, 3.8) is 0 Å². The van der Waals surface area contributed by atoms with Gasteiger partial charge in [0.15, 0.2) is 0 Å². The third-order valence-corrected chi connectivity index (χ3v) is 9.18. The summed E-state index contributed by atoms with van der Waals surface area (Å²) in [7, 11) is 0. The van der Waals surface area contributed by atoms with Crippen molar-refractivity contribution in [1.82, 2.24) is 0 Å². The molecule has 4 aliphatic carbocycles. The number of aliphatic hydroxyl groups is 1. The van der Waals surface area contributed by atoms with E-state index in [0.29, 0.717) is 23.0 Å². The Bertz CT molecular complexity index is 500. The van der Waals surface area contributed by atoms with Crippen LogP contribution in [0, 0.1) is 40.4 Å². The third-order valence-electron chi connectivity index (χ3n) is 9.18. The van der Waals surface area contributed by atoms with Crippen LogP contribution in [0.15, 0.2) is 0 Å². The van der Waals surface area contributed by atoms with E-state index in [1.165, 1.54) is 44.9 Å². The molecule has 4 fully saturated rings. The summed E-state index contributed by atoms with van der Waals surface area (Å²) in [5, 5.41) is 11.1. The Morgan fingerprint density at radius 1 is 1.00 bits per heavy atom. The lowest BCUT2D eigenvalue weighted by atomic mass is 9.44. The summed E-state index contributed by atoms with van der Waals surface area (Å²) in [5.74, 6) is 3.32. The highest BCUT2D eigenvalue weighted by molar-refractivity contribution is 5.79. The largest absolute Gasteiger partial charge is 0.393 e. The molecule has 0 spiro atoms. The lowest BCUT2D eigenvalue weighted by Crippen LogP contribution is -2.58. The van der Waals surface area contributed by atoms with Gasteiger partial charge in [0.2, 0.25) is 0 Å². The predicted molar refractivity (Wildman–Crippen MR) is 91.9 cm³/mol. The Labute approximate surface area is 141 Å². The number of carbonyl (C=O) groups is 1. The average molecular weight is 319 g/mol. The van der Waals surface area contributed by atoms with Gasteiger partial charge in [0.25, 0.3) is 0 Å². The Kier molecular flexibility index (Phi) is 3.72. The van der Waals surface area contributed by atoms with Crippen LogP contribution in [-0.2, 0) is 4.79 Å². The first-order valence-corrected chi connectivity index (χ1v) is 10.1. The van der Waals surface area contributed by atoms with Crippen LogP contribution in [0.25, 0.3) is 0 Å². The molecule has 0 bridgehead atoms. The normalized spacial score (nSPS) is 55.7. The molecule has 0 heterocycles. The van der Waals surface area contributed by atoms with E-state index in [4.69, 9.17) is 0 Å². The number of hydrogen-bond acceptors (Lipinski definition) is 2. The molecule has 8 atom stereocenters. The zero-order valence-electron chi connectivity index (χ0n) is 15.2. The minimum Gasteiger partial charge on any atom is -0.393 e. The summed E-state index contributed by atoms with van der Waals surface area (Å²) in [6.45, 7) is 6.53. The molecule has 4 saturated carbocycles. The molecule has 0 amide bonds. The van der Waals surface area contributed by atoms with Crippen LogP contribution in [-0.4, -0.2) is 17.0 Å². The highest BCUT2D eigenvalue weighted by Crippen LogP contribution is 2.67. The number of ketones is 1.